The van der Waals surface area contributed by atoms with Crippen LogP contribution in [0, 0.1) is 13.0 Å². The number of thiophene rings is 1. The van der Waals surface area contributed by atoms with Crippen LogP contribution in [-0.4, -0.2) is 20.9 Å². The quantitative estimate of drug-likeness (QED) is 0.134. The van der Waals surface area contributed by atoms with Gasteiger partial charge in [-0.15, -0.1) is 5.56 Å². The van der Waals surface area contributed by atoms with Gasteiger partial charge in [0.25, 0.3) is 0 Å². The Morgan fingerprint density at radius 2 is 1.75 bits per heavy atom. The van der Waals surface area contributed by atoms with E-state index in [4.69, 9.17) is 5.11 Å². The van der Waals surface area contributed by atoms with Crippen molar-refractivity contribution in [3.8, 4) is 11.3 Å². The van der Waals surface area contributed by atoms with Crippen molar-refractivity contribution in [3.63, 3.8) is 0 Å². The van der Waals surface area contributed by atoms with Crippen LogP contribution in [0.3, 0.4) is 0 Å². The van der Waals surface area contributed by atoms with Crippen molar-refractivity contribution < 1.29 is 30.0 Å². The Morgan fingerprint density at radius 3 is 2.47 bits per heavy atom. The van der Waals surface area contributed by atoms with Crippen molar-refractivity contribution >= 4 is 48.2 Å². The van der Waals surface area contributed by atoms with Crippen molar-refractivity contribution in [1.29, 1.82) is 0 Å². The molecule has 0 bridgehead atoms. The molecule has 0 aliphatic carbocycles. The number of aryl methyl sites for hydroxylation is 1. The summed E-state index contributed by atoms with van der Waals surface area (Å²) in [5.41, 5.74) is 4.34. The van der Waals surface area contributed by atoms with E-state index in [2.05, 4.69) is 65.4 Å². The zero-order chi connectivity index (χ0) is 22.0. The first-order valence-corrected chi connectivity index (χ1v) is 10.7. The Kier molecular flexibility index (Phi) is 7.52. The molecule has 0 fully saturated rings. The van der Waals surface area contributed by atoms with Crippen LogP contribution in [0.15, 0.2) is 72.8 Å². The Labute approximate surface area is 204 Å². The third kappa shape index (κ3) is 4.78. The van der Waals surface area contributed by atoms with Gasteiger partial charge in [-0.05, 0) is 59.8 Å². The number of carbonyl (C=O) groups excluding carboxylic acids is 1. The summed E-state index contributed by atoms with van der Waals surface area (Å²) in [4.78, 5) is 19.3. The van der Waals surface area contributed by atoms with Crippen LogP contribution in [0.2, 0.25) is 0 Å². The van der Waals surface area contributed by atoms with E-state index in [1.54, 1.807) is 17.5 Å². The second-order valence-corrected chi connectivity index (χ2v) is 8.31. The van der Waals surface area contributed by atoms with Crippen LogP contribution >= 0.6 is 11.3 Å². The molecule has 5 aromatic rings. The Morgan fingerprint density at radius 1 is 1.00 bits per heavy atom. The van der Waals surface area contributed by atoms with Crippen LogP contribution < -0.4 is 0 Å². The number of aromatic nitrogens is 2. The van der Waals surface area contributed by atoms with Crippen LogP contribution in [0.5, 0.6) is 0 Å². The average molecular weight is 618 g/mol. The molecule has 163 valence electrons. The number of fused-ring (bicyclic) bond motifs is 4. The van der Waals surface area contributed by atoms with Crippen LogP contribution in [0.1, 0.15) is 19.4 Å². The molecule has 3 aromatic heterocycles. The molecule has 0 amide bonds. The number of carbonyl (C=O) groups is 1. The molecule has 5 rings (SSSR count). The van der Waals surface area contributed by atoms with Gasteiger partial charge in [-0.2, -0.15) is 6.07 Å². The molecule has 0 aliphatic rings. The largest absolute Gasteiger partial charge is 0.512 e. The number of aliphatic hydroxyl groups is 1. The monoisotopic (exact) mass is 618 g/mol. The molecule has 0 aliphatic heterocycles. The van der Waals surface area contributed by atoms with Crippen LogP contribution in [-0.2, 0) is 24.9 Å². The van der Waals surface area contributed by atoms with Crippen molar-refractivity contribution in [2.45, 2.75) is 20.8 Å². The van der Waals surface area contributed by atoms with Gasteiger partial charge < -0.3 is 10.1 Å². The van der Waals surface area contributed by atoms with E-state index in [1.165, 1.54) is 41.0 Å². The second-order valence-electron chi connectivity index (χ2n) is 7.29. The number of ketones is 1. The summed E-state index contributed by atoms with van der Waals surface area (Å²) in [7, 11) is 0. The number of aliphatic hydroxyl groups excluding tert-OH is 1. The van der Waals surface area contributed by atoms with Gasteiger partial charge in [0.05, 0.1) is 5.76 Å². The van der Waals surface area contributed by atoms with Gasteiger partial charge in [-0.1, -0.05) is 42.5 Å². The summed E-state index contributed by atoms with van der Waals surface area (Å²) >= 11 is 1.78. The van der Waals surface area contributed by atoms with Gasteiger partial charge in [-0.3, -0.25) is 9.78 Å². The molecule has 0 unspecified atom stereocenters. The molecule has 32 heavy (non-hydrogen) atoms. The van der Waals surface area contributed by atoms with Gasteiger partial charge >= 0.3 is 0 Å². The minimum atomic E-state index is -0.125. The average Bonchev–Trinajstić information content (AvgIpc) is 3.13. The van der Waals surface area contributed by atoms with E-state index in [1.807, 2.05) is 12.3 Å². The number of hydrogen-bond donors (Lipinski definition) is 1. The molecule has 6 heteroatoms. The van der Waals surface area contributed by atoms with Crippen LogP contribution in [0.4, 0.5) is 0 Å². The van der Waals surface area contributed by atoms with Crippen molar-refractivity contribution in [3.05, 3.63) is 84.4 Å². The van der Waals surface area contributed by atoms with Crippen molar-refractivity contribution in [2.24, 2.45) is 0 Å². The standard InChI is InChI=1S/C21H13N2S.C5H8O2.Ir/c1-13-5-4-8-16-19-21(24-20(13)16)17(10-12-23-19)18-15-7-3-2-6-14(15)9-11-22-18;1-4(6)3-5(2)7;/h2-9,11-12H,1H3;3,6H,1-2H3;/q-1;;/b;4-3-;. The molecule has 1 radical (unpaired) electrons. The molecule has 0 saturated heterocycles. The molecule has 0 spiro atoms. The number of benzene rings is 2. The maximum atomic E-state index is 10.0. The molecular formula is C26H21IrN2O2S-. The predicted molar refractivity (Wildman–Crippen MR) is 129 cm³/mol. The third-order valence-electron chi connectivity index (χ3n) is 4.84. The summed E-state index contributed by atoms with van der Waals surface area (Å²) in [6.45, 7) is 5.00. The Hall–Kier alpha value is -2.92. The topological polar surface area (TPSA) is 63.1 Å². The maximum absolute atomic E-state index is 10.0. The Balaban J connectivity index is 0.000000318. The fourth-order valence-corrected chi connectivity index (χ4v) is 4.79. The molecule has 4 nitrogen and oxygen atoms in total. The van der Waals surface area contributed by atoms with Crippen LogP contribution in [0.25, 0.3) is 42.3 Å². The smallest absolute Gasteiger partial charge is 0.155 e. The second kappa shape index (κ2) is 10.1. The van der Waals surface area contributed by atoms with Gasteiger partial charge in [0, 0.05) is 48.0 Å². The van der Waals surface area contributed by atoms with E-state index in [-0.39, 0.29) is 31.6 Å². The van der Waals surface area contributed by atoms with E-state index in [0.717, 1.165) is 26.9 Å². The number of rotatable bonds is 2. The molecule has 1 N–H and O–H groups in total. The number of nitrogens with zero attached hydrogens (tertiary/aromatic N) is 2. The van der Waals surface area contributed by atoms with Crippen molar-refractivity contribution in [1.82, 2.24) is 9.97 Å². The van der Waals surface area contributed by atoms with E-state index >= 15 is 0 Å². The molecule has 0 saturated carbocycles. The SMILES string of the molecule is CC(=O)/C=C(/C)O.Cc1cccc2c1sc1c(-c3nccc4ccccc34)[c-]cnc12.[Ir]. The summed E-state index contributed by atoms with van der Waals surface area (Å²) in [6.07, 6.45) is 4.81. The number of pyridine rings is 2. The maximum Gasteiger partial charge on any atom is 0.155 e. The first-order chi connectivity index (χ1) is 15.0. The zero-order valence-corrected chi connectivity index (χ0v) is 21.1. The van der Waals surface area contributed by atoms with Crippen molar-refractivity contribution in [2.75, 3.05) is 0 Å². The van der Waals surface area contributed by atoms with Gasteiger partial charge in [0.1, 0.15) is 0 Å². The third-order valence-corrected chi connectivity index (χ3v) is 6.19. The number of allylic oxidation sites excluding steroid dienone is 2. The Bertz CT molecular complexity index is 1450. The fraction of sp³-hybridized carbons (Fsp3) is 0.115. The fourth-order valence-electron chi connectivity index (χ4n) is 3.56. The first-order valence-electron chi connectivity index (χ1n) is 9.86. The molecule has 2 aromatic carbocycles. The van der Waals surface area contributed by atoms with Gasteiger partial charge in [0.2, 0.25) is 0 Å². The van der Waals surface area contributed by atoms with Gasteiger partial charge in [0.15, 0.2) is 5.78 Å². The zero-order valence-electron chi connectivity index (χ0n) is 17.8. The summed E-state index contributed by atoms with van der Waals surface area (Å²) in [6, 6.07) is 20.1. The summed E-state index contributed by atoms with van der Waals surface area (Å²) in [5, 5.41) is 11.9. The van der Waals surface area contributed by atoms with E-state index in [9.17, 15) is 4.79 Å². The summed E-state index contributed by atoms with van der Waals surface area (Å²) < 4.78 is 2.45. The molecular weight excluding hydrogens is 597 g/mol. The minimum Gasteiger partial charge on any atom is -0.512 e. The first kappa shape index (κ1) is 23.7. The van der Waals surface area contributed by atoms with Gasteiger partial charge in [-0.25, -0.2) is 11.3 Å². The normalized spacial score (nSPS) is 11.2. The minimum absolute atomic E-state index is 0. The predicted octanol–water partition coefficient (Wildman–Crippen LogP) is 6.81. The number of hydrogen-bond acceptors (Lipinski definition) is 5. The van der Waals surface area contributed by atoms with E-state index in [0.29, 0.717) is 0 Å². The molecule has 3 heterocycles. The molecule has 0 atom stereocenters. The summed E-state index contributed by atoms with van der Waals surface area (Å²) in [5.74, 6) is -0.0625. The van der Waals surface area contributed by atoms with E-state index < -0.39 is 0 Å².